The molecule has 4 rings (SSSR count). The number of fused-ring (bicyclic) bond motifs is 1. The van der Waals surface area contributed by atoms with Crippen molar-refractivity contribution in [2.45, 2.75) is 6.54 Å². The zero-order chi connectivity index (χ0) is 18.6. The van der Waals surface area contributed by atoms with Gasteiger partial charge in [-0.3, -0.25) is 4.79 Å². The summed E-state index contributed by atoms with van der Waals surface area (Å²) in [4.78, 5) is 16.8. The van der Waals surface area contributed by atoms with Crippen LogP contribution in [0, 0.1) is 0 Å². The maximum atomic E-state index is 12.4. The molecule has 2 aromatic heterocycles. The van der Waals surface area contributed by atoms with Gasteiger partial charge in [0.15, 0.2) is 5.76 Å². The smallest absolute Gasteiger partial charge is 0.270 e. The van der Waals surface area contributed by atoms with Gasteiger partial charge in [-0.05, 0) is 24.3 Å². The summed E-state index contributed by atoms with van der Waals surface area (Å²) in [5.74, 6) is 1.09. The van der Waals surface area contributed by atoms with Crippen LogP contribution < -0.4 is 10.1 Å². The molecule has 0 fully saturated rings. The van der Waals surface area contributed by atoms with Crippen LogP contribution in [0.15, 0.2) is 71.3 Å². The zero-order valence-corrected chi connectivity index (χ0v) is 14.7. The molecule has 0 aliphatic heterocycles. The van der Waals surface area contributed by atoms with Crippen LogP contribution in [0.25, 0.3) is 22.2 Å². The maximum absolute atomic E-state index is 12.4. The number of carbonyl (C=O) groups is 1. The minimum absolute atomic E-state index is 0.251. The van der Waals surface area contributed by atoms with E-state index in [0.29, 0.717) is 17.1 Å². The fraction of sp³-hybridized carbons (Fsp3) is 0.0952. The number of nitrogens with one attached hydrogen (secondary N) is 1. The van der Waals surface area contributed by atoms with E-state index >= 15 is 0 Å². The van der Waals surface area contributed by atoms with Crippen molar-refractivity contribution in [1.29, 1.82) is 0 Å². The van der Waals surface area contributed by atoms with Crippen LogP contribution in [0.3, 0.4) is 0 Å². The number of methoxy groups -OCH3 is 1. The number of aromatic nitrogens is 2. The first-order valence-electron chi connectivity index (χ1n) is 8.47. The molecule has 27 heavy (non-hydrogen) atoms. The molecular formula is C21H17N3O3. The Morgan fingerprint density at radius 3 is 2.85 bits per heavy atom. The first-order valence-corrected chi connectivity index (χ1v) is 8.47. The molecule has 1 N–H and O–H groups in total. The Labute approximate surface area is 155 Å². The molecular weight excluding hydrogens is 342 g/mol. The lowest BCUT2D eigenvalue weighted by Gasteiger charge is -2.03. The van der Waals surface area contributed by atoms with Crippen molar-refractivity contribution in [2.75, 3.05) is 7.11 Å². The standard InChI is InChI=1S/C21H17N3O3/c1-26-17-7-4-6-15(11-17)20-12-16(24-27-20)13-22-21(25)19-10-9-14-5-2-3-8-18(14)23-19/h2-12H,13H2,1H3,(H,22,25). The molecule has 4 aromatic rings. The third-order valence-corrected chi connectivity index (χ3v) is 4.17. The fourth-order valence-corrected chi connectivity index (χ4v) is 2.76. The molecule has 0 aliphatic carbocycles. The van der Waals surface area contributed by atoms with Crippen molar-refractivity contribution in [1.82, 2.24) is 15.5 Å². The fourth-order valence-electron chi connectivity index (χ4n) is 2.76. The highest BCUT2D eigenvalue weighted by molar-refractivity contribution is 5.94. The third kappa shape index (κ3) is 3.64. The normalized spacial score (nSPS) is 10.7. The number of benzene rings is 2. The quantitative estimate of drug-likeness (QED) is 0.586. The van der Waals surface area contributed by atoms with Gasteiger partial charge in [-0.15, -0.1) is 0 Å². The first-order chi connectivity index (χ1) is 13.2. The SMILES string of the molecule is COc1cccc(-c2cc(CNC(=O)c3ccc4ccccc4n3)no2)c1. The lowest BCUT2D eigenvalue weighted by atomic mass is 10.1. The number of pyridine rings is 1. The van der Waals surface area contributed by atoms with Gasteiger partial charge in [0, 0.05) is 17.0 Å². The third-order valence-electron chi connectivity index (χ3n) is 4.17. The van der Waals surface area contributed by atoms with Crippen molar-refractivity contribution in [3.8, 4) is 17.1 Å². The van der Waals surface area contributed by atoms with Crippen LogP contribution in [0.5, 0.6) is 5.75 Å². The van der Waals surface area contributed by atoms with E-state index < -0.39 is 0 Å². The van der Waals surface area contributed by atoms with Crippen LogP contribution >= 0.6 is 0 Å². The van der Waals surface area contributed by atoms with Gasteiger partial charge >= 0.3 is 0 Å². The summed E-state index contributed by atoms with van der Waals surface area (Å²) in [7, 11) is 1.61. The molecule has 2 heterocycles. The van der Waals surface area contributed by atoms with Crippen molar-refractivity contribution < 1.29 is 14.1 Å². The van der Waals surface area contributed by atoms with Crippen molar-refractivity contribution >= 4 is 16.8 Å². The van der Waals surface area contributed by atoms with Gasteiger partial charge in [-0.1, -0.05) is 41.6 Å². The van der Waals surface area contributed by atoms with E-state index in [4.69, 9.17) is 9.26 Å². The summed E-state index contributed by atoms with van der Waals surface area (Å²) in [5.41, 5.74) is 2.63. The van der Waals surface area contributed by atoms with Crippen LogP contribution in [0.2, 0.25) is 0 Å². The Morgan fingerprint density at radius 2 is 1.96 bits per heavy atom. The molecule has 0 bridgehead atoms. The predicted octanol–water partition coefficient (Wildman–Crippen LogP) is 3.83. The van der Waals surface area contributed by atoms with Gasteiger partial charge in [0.2, 0.25) is 0 Å². The summed E-state index contributed by atoms with van der Waals surface area (Å²) in [6.45, 7) is 0.251. The summed E-state index contributed by atoms with van der Waals surface area (Å²) in [6.07, 6.45) is 0. The van der Waals surface area contributed by atoms with Crippen LogP contribution in [-0.2, 0) is 6.54 Å². The first kappa shape index (κ1) is 16.8. The lowest BCUT2D eigenvalue weighted by Crippen LogP contribution is -2.23. The van der Waals surface area contributed by atoms with E-state index in [1.54, 1.807) is 19.2 Å². The molecule has 0 aliphatic rings. The highest BCUT2D eigenvalue weighted by Crippen LogP contribution is 2.24. The van der Waals surface area contributed by atoms with Crippen molar-refractivity contribution in [3.63, 3.8) is 0 Å². The van der Waals surface area contributed by atoms with E-state index in [0.717, 1.165) is 22.2 Å². The van der Waals surface area contributed by atoms with E-state index in [1.807, 2.05) is 54.6 Å². The highest BCUT2D eigenvalue weighted by Gasteiger charge is 2.11. The number of rotatable bonds is 5. The minimum Gasteiger partial charge on any atom is -0.497 e. The topological polar surface area (TPSA) is 77.2 Å². The number of carbonyl (C=O) groups excluding carboxylic acids is 1. The largest absolute Gasteiger partial charge is 0.497 e. The number of ether oxygens (including phenoxy) is 1. The molecule has 6 nitrogen and oxygen atoms in total. The van der Waals surface area contributed by atoms with E-state index in [9.17, 15) is 4.79 Å². The summed E-state index contributed by atoms with van der Waals surface area (Å²) in [6, 6.07) is 20.6. The summed E-state index contributed by atoms with van der Waals surface area (Å²) < 4.78 is 10.6. The molecule has 0 radical (unpaired) electrons. The average Bonchev–Trinajstić information content (AvgIpc) is 3.21. The molecule has 0 saturated carbocycles. The zero-order valence-electron chi connectivity index (χ0n) is 14.7. The van der Waals surface area contributed by atoms with E-state index in [1.165, 1.54) is 0 Å². The Bertz CT molecular complexity index is 1100. The molecule has 6 heteroatoms. The minimum atomic E-state index is -0.258. The molecule has 1 amide bonds. The number of nitrogens with zero attached hydrogens (tertiary/aromatic N) is 2. The van der Waals surface area contributed by atoms with Gasteiger partial charge < -0.3 is 14.6 Å². The Morgan fingerprint density at radius 1 is 1.07 bits per heavy atom. The van der Waals surface area contributed by atoms with Crippen molar-refractivity contribution in [2.24, 2.45) is 0 Å². The van der Waals surface area contributed by atoms with Crippen LogP contribution in [0.4, 0.5) is 0 Å². The maximum Gasteiger partial charge on any atom is 0.270 e. The molecule has 0 saturated heterocycles. The second-order valence-corrected chi connectivity index (χ2v) is 5.99. The molecule has 0 atom stereocenters. The molecule has 134 valence electrons. The van der Waals surface area contributed by atoms with Crippen molar-refractivity contribution in [3.05, 3.63) is 78.1 Å². The molecule has 0 unspecified atom stereocenters. The van der Waals surface area contributed by atoms with Gasteiger partial charge in [0.05, 0.1) is 19.2 Å². The van der Waals surface area contributed by atoms with E-state index in [-0.39, 0.29) is 12.5 Å². The Hall–Kier alpha value is -3.67. The van der Waals surface area contributed by atoms with Gasteiger partial charge in [0.1, 0.15) is 17.1 Å². The second-order valence-electron chi connectivity index (χ2n) is 5.99. The highest BCUT2D eigenvalue weighted by atomic mass is 16.5. The number of hydrogen-bond donors (Lipinski definition) is 1. The summed E-state index contributed by atoms with van der Waals surface area (Å²) >= 11 is 0. The number of para-hydroxylation sites is 1. The Kier molecular flexibility index (Phi) is 4.53. The Balaban J connectivity index is 1.45. The van der Waals surface area contributed by atoms with Crippen LogP contribution in [0.1, 0.15) is 16.2 Å². The van der Waals surface area contributed by atoms with E-state index in [2.05, 4.69) is 15.5 Å². The second kappa shape index (κ2) is 7.29. The molecule has 2 aromatic carbocycles. The van der Waals surface area contributed by atoms with Gasteiger partial charge in [-0.25, -0.2) is 4.98 Å². The van der Waals surface area contributed by atoms with Gasteiger partial charge in [-0.2, -0.15) is 0 Å². The monoisotopic (exact) mass is 359 g/mol. The average molecular weight is 359 g/mol. The molecule has 0 spiro atoms. The lowest BCUT2D eigenvalue weighted by molar-refractivity contribution is 0.0945. The van der Waals surface area contributed by atoms with Gasteiger partial charge in [0.25, 0.3) is 5.91 Å². The number of hydrogen-bond acceptors (Lipinski definition) is 5. The predicted molar refractivity (Wildman–Crippen MR) is 101 cm³/mol. The number of amides is 1. The van der Waals surface area contributed by atoms with Crippen LogP contribution in [-0.4, -0.2) is 23.2 Å². The summed E-state index contributed by atoms with van der Waals surface area (Å²) in [5, 5.41) is 7.83.